The Labute approximate surface area is 118 Å². The van der Waals surface area contributed by atoms with Gasteiger partial charge in [0.05, 0.1) is 11.5 Å². The van der Waals surface area contributed by atoms with Gasteiger partial charge in [-0.05, 0) is 17.7 Å². The monoisotopic (exact) mass is 297 g/mol. The number of amides is 1. The van der Waals surface area contributed by atoms with Gasteiger partial charge in [0, 0.05) is 41.5 Å². The Morgan fingerprint density at radius 1 is 1.45 bits per heavy atom. The maximum atomic E-state index is 11.8. The predicted molar refractivity (Wildman–Crippen MR) is 74.5 cm³/mol. The largest absolute Gasteiger partial charge is 0.321 e. The van der Waals surface area contributed by atoms with E-state index in [4.69, 9.17) is 0 Å². The van der Waals surface area contributed by atoms with E-state index in [0.29, 0.717) is 12.3 Å². The molecule has 0 aliphatic carbocycles. The maximum absolute atomic E-state index is 11.8. The van der Waals surface area contributed by atoms with Gasteiger partial charge in [0.15, 0.2) is 0 Å². The average Bonchev–Trinajstić information content (AvgIpc) is 2.77. The number of rotatable bonds is 5. The van der Waals surface area contributed by atoms with E-state index in [1.165, 1.54) is 12.1 Å². The second kappa shape index (κ2) is 6.10. The van der Waals surface area contributed by atoms with Crippen molar-refractivity contribution in [3.8, 4) is 0 Å². The third-order valence-corrected chi connectivity index (χ3v) is 3.88. The molecule has 108 valence electrons. The number of hydrogen-bond acceptors (Lipinski definition) is 5. The van der Waals surface area contributed by atoms with Gasteiger partial charge >= 0.3 is 0 Å². The van der Waals surface area contributed by atoms with Crippen molar-refractivity contribution in [2.24, 2.45) is 0 Å². The van der Waals surface area contributed by atoms with Crippen molar-refractivity contribution in [1.82, 2.24) is 10.2 Å². The van der Waals surface area contributed by atoms with E-state index < -0.39 is 15.7 Å². The van der Waals surface area contributed by atoms with E-state index in [1.807, 2.05) is 0 Å². The van der Waals surface area contributed by atoms with Crippen LogP contribution in [-0.4, -0.2) is 45.0 Å². The SMILES string of the molecule is CS(=O)CCN1C(=O)CNC1c1ccc([N+](=O)[O-])cc1. The van der Waals surface area contributed by atoms with E-state index in [2.05, 4.69) is 5.32 Å². The zero-order chi connectivity index (χ0) is 14.7. The first-order valence-corrected chi connectivity index (χ1v) is 7.79. The Balaban J connectivity index is 2.15. The molecule has 1 aromatic rings. The molecule has 0 aromatic heterocycles. The highest BCUT2D eigenvalue weighted by Gasteiger charge is 2.31. The lowest BCUT2D eigenvalue weighted by Crippen LogP contribution is -2.33. The summed E-state index contributed by atoms with van der Waals surface area (Å²) >= 11 is 0. The molecule has 1 aromatic carbocycles. The fourth-order valence-corrected chi connectivity index (χ4v) is 2.55. The molecule has 1 fully saturated rings. The molecule has 0 bridgehead atoms. The molecule has 1 saturated heterocycles. The van der Waals surface area contributed by atoms with Gasteiger partial charge in [-0.3, -0.25) is 24.4 Å². The number of nitrogens with one attached hydrogen (secondary N) is 1. The smallest absolute Gasteiger partial charge is 0.269 e. The van der Waals surface area contributed by atoms with Crippen molar-refractivity contribution in [2.45, 2.75) is 6.17 Å². The molecule has 1 amide bonds. The molecule has 2 unspecified atom stereocenters. The zero-order valence-electron chi connectivity index (χ0n) is 10.9. The summed E-state index contributed by atoms with van der Waals surface area (Å²) in [6.45, 7) is 0.620. The van der Waals surface area contributed by atoms with E-state index in [0.717, 1.165) is 5.56 Å². The Hall–Kier alpha value is -1.80. The topological polar surface area (TPSA) is 92.6 Å². The summed E-state index contributed by atoms with van der Waals surface area (Å²) in [5, 5.41) is 13.7. The normalized spacial score (nSPS) is 20.1. The number of nitrogens with zero attached hydrogens (tertiary/aromatic N) is 2. The molecule has 0 spiro atoms. The summed E-state index contributed by atoms with van der Waals surface area (Å²) in [7, 11) is -0.969. The van der Waals surface area contributed by atoms with Crippen LogP contribution in [0.4, 0.5) is 5.69 Å². The van der Waals surface area contributed by atoms with Crippen LogP contribution in [0.5, 0.6) is 0 Å². The van der Waals surface area contributed by atoms with Crippen LogP contribution < -0.4 is 5.32 Å². The minimum absolute atomic E-state index is 0.0132. The van der Waals surface area contributed by atoms with Crippen LogP contribution in [0, 0.1) is 10.1 Å². The number of hydrogen-bond donors (Lipinski definition) is 1. The molecule has 2 atom stereocenters. The minimum Gasteiger partial charge on any atom is -0.321 e. The van der Waals surface area contributed by atoms with Crippen LogP contribution in [0.3, 0.4) is 0 Å². The molecule has 20 heavy (non-hydrogen) atoms. The second-order valence-electron chi connectivity index (χ2n) is 4.50. The zero-order valence-corrected chi connectivity index (χ0v) is 11.8. The fraction of sp³-hybridized carbons (Fsp3) is 0.417. The highest BCUT2D eigenvalue weighted by molar-refractivity contribution is 7.84. The van der Waals surface area contributed by atoms with Crippen LogP contribution >= 0.6 is 0 Å². The van der Waals surface area contributed by atoms with Crippen molar-refractivity contribution >= 4 is 22.4 Å². The minimum atomic E-state index is -0.969. The second-order valence-corrected chi connectivity index (χ2v) is 6.05. The molecule has 1 heterocycles. The van der Waals surface area contributed by atoms with Crippen molar-refractivity contribution in [1.29, 1.82) is 0 Å². The Morgan fingerprint density at radius 2 is 2.10 bits per heavy atom. The summed E-state index contributed by atoms with van der Waals surface area (Å²) in [6.07, 6.45) is 1.28. The van der Waals surface area contributed by atoms with Crippen LogP contribution in [0.25, 0.3) is 0 Å². The van der Waals surface area contributed by atoms with Crippen LogP contribution in [0.2, 0.25) is 0 Å². The number of nitro groups is 1. The first-order valence-electron chi connectivity index (χ1n) is 6.06. The van der Waals surface area contributed by atoms with E-state index >= 15 is 0 Å². The Kier molecular flexibility index (Phi) is 4.46. The standard InChI is InChI=1S/C12H15N3O4S/c1-20(19)7-6-14-11(16)8-13-12(14)9-2-4-10(5-3-9)15(17)18/h2-5,12-13H,6-8H2,1H3. The van der Waals surface area contributed by atoms with Crippen molar-refractivity contribution in [3.63, 3.8) is 0 Å². The third-order valence-electron chi connectivity index (χ3n) is 3.12. The summed E-state index contributed by atoms with van der Waals surface area (Å²) < 4.78 is 11.1. The first kappa shape index (κ1) is 14.6. The van der Waals surface area contributed by atoms with Gasteiger partial charge in [-0.1, -0.05) is 0 Å². The molecular formula is C12H15N3O4S. The fourth-order valence-electron chi connectivity index (χ4n) is 2.10. The molecular weight excluding hydrogens is 282 g/mol. The van der Waals surface area contributed by atoms with Crippen molar-refractivity contribution < 1.29 is 13.9 Å². The van der Waals surface area contributed by atoms with Crippen LogP contribution in [0.1, 0.15) is 11.7 Å². The lowest BCUT2D eigenvalue weighted by molar-refractivity contribution is -0.384. The Bertz CT molecular complexity index is 546. The summed E-state index contributed by atoms with van der Waals surface area (Å²) in [4.78, 5) is 23.6. The van der Waals surface area contributed by atoms with Gasteiger partial charge in [0.25, 0.3) is 5.69 Å². The molecule has 0 radical (unpaired) electrons. The summed E-state index contributed by atoms with van der Waals surface area (Å²) in [6, 6.07) is 6.08. The number of carbonyl (C=O) groups is 1. The number of nitro benzene ring substituents is 1. The first-order chi connectivity index (χ1) is 9.49. The molecule has 2 rings (SSSR count). The van der Waals surface area contributed by atoms with E-state index in [9.17, 15) is 19.1 Å². The van der Waals surface area contributed by atoms with Crippen LogP contribution in [0.15, 0.2) is 24.3 Å². The van der Waals surface area contributed by atoms with Crippen LogP contribution in [-0.2, 0) is 15.6 Å². The van der Waals surface area contributed by atoms with Gasteiger partial charge in [-0.2, -0.15) is 0 Å². The number of carbonyl (C=O) groups excluding carboxylic acids is 1. The highest BCUT2D eigenvalue weighted by atomic mass is 32.2. The van der Waals surface area contributed by atoms with Crippen molar-refractivity contribution in [3.05, 3.63) is 39.9 Å². The third kappa shape index (κ3) is 3.20. The summed E-state index contributed by atoms with van der Waals surface area (Å²) in [5.74, 6) is 0.357. The van der Waals surface area contributed by atoms with Gasteiger partial charge in [0.2, 0.25) is 5.91 Å². The average molecular weight is 297 g/mol. The van der Waals surface area contributed by atoms with E-state index in [1.54, 1.807) is 23.3 Å². The van der Waals surface area contributed by atoms with Gasteiger partial charge in [-0.25, -0.2) is 0 Å². The molecule has 8 heteroatoms. The lowest BCUT2D eigenvalue weighted by Gasteiger charge is -2.24. The number of benzene rings is 1. The molecule has 1 aliphatic rings. The van der Waals surface area contributed by atoms with Gasteiger partial charge < -0.3 is 4.90 Å². The van der Waals surface area contributed by atoms with Gasteiger partial charge in [-0.15, -0.1) is 0 Å². The summed E-state index contributed by atoms with van der Waals surface area (Å²) in [5.41, 5.74) is 0.794. The molecule has 0 saturated carbocycles. The van der Waals surface area contributed by atoms with E-state index in [-0.39, 0.29) is 24.3 Å². The molecule has 1 aliphatic heterocycles. The lowest BCUT2D eigenvalue weighted by atomic mass is 10.1. The Morgan fingerprint density at radius 3 is 2.65 bits per heavy atom. The molecule has 1 N–H and O–H groups in total. The molecule has 7 nitrogen and oxygen atoms in total. The number of non-ortho nitro benzene ring substituents is 1. The van der Waals surface area contributed by atoms with Gasteiger partial charge in [0.1, 0.15) is 6.17 Å². The van der Waals surface area contributed by atoms with Crippen molar-refractivity contribution in [2.75, 3.05) is 25.1 Å². The maximum Gasteiger partial charge on any atom is 0.269 e. The predicted octanol–water partition coefficient (Wildman–Crippen LogP) is 0.404. The highest BCUT2D eigenvalue weighted by Crippen LogP contribution is 2.24. The quantitative estimate of drug-likeness (QED) is 0.627.